The van der Waals surface area contributed by atoms with Gasteiger partial charge in [-0.25, -0.2) is 4.79 Å². The third kappa shape index (κ3) is 8.65. The molecule has 1 atom stereocenters. The zero-order valence-electron chi connectivity index (χ0n) is 18.3. The molecule has 7 nitrogen and oxygen atoms in total. The first-order chi connectivity index (χ1) is 14.1. The van der Waals surface area contributed by atoms with Gasteiger partial charge >= 0.3 is 6.09 Å². The number of ether oxygens (including phenoxy) is 1. The smallest absolute Gasteiger partial charge is 0.407 e. The minimum absolute atomic E-state index is 0.00109. The standard InChI is InChI=1S/C22H33N3O4S/c1-16-8-10-17(11-9-16)24-19(26)14-30-15-20(27)25-12-6-5-7-18(25)13-23-21(28)29-22(2,3)4/h8-11,18H,5-7,12-15H2,1-4H3,(H,23,28)(H,24,26). The summed E-state index contributed by atoms with van der Waals surface area (Å²) in [6.07, 6.45) is 2.35. The van der Waals surface area contributed by atoms with Gasteiger partial charge in [-0.15, -0.1) is 11.8 Å². The molecule has 0 bridgehead atoms. The molecule has 1 saturated heterocycles. The Morgan fingerprint density at radius 3 is 2.50 bits per heavy atom. The molecule has 0 radical (unpaired) electrons. The first kappa shape index (κ1) is 24.1. The number of amides is 3. The van der Waals surface area contributed by atoms with E-state index < -0.39 is 11.7 Å². The Morgan fingerprint density at radius 1 is 1.13 bits per heavy atom. The van der Waals surface area contributed by atoms with Gasteiger partial charge in [-0.1, -0.05) is 17.7 Å². The molecule has 1 aromatic carbocycles. The highest BCUT2D eigenvalue weighted by Gasteiger charge is 2.27. The van der Waals surface area contributed by atoms with Crippen LogP contribution in [0.3, 0.4) is 0 Å². The van der Waals surface area contributed by atoms with Crippen molar-refractivity contribution in [2.75, 3.05) is 29.9 Å². The van der Waals surface area contributed by atoms with Gasteiger partial charge in [0, 0.05) is 24.8 Å². The van der Waals surface area contributed by atoms with Crippen LogP contribution in [0.15, 0.2) is 24.3 Å². The zero-order chi connectivity index (χ0) is 22.1. The fourth-order valence-corrected chi connectivity index (χ4v) is 3.90. The maximum Gasteiger partial charge on any atom is 0.407 e. The van der Waals surface area contributed by atoms with Gasteiger partial charge in [0.1, 0.15) is 5.60 Å². The highest BCUT2D eigenvalue weighted by molar-refractivity contribution is 8.00. The maximum absolute atomic E-state index is 12.7. The lowest BCUT2D eigenvalue weighted by Gasteiger charge is -2.36. The molecule has 0 aliphatic carbocycles. The number of alkyl carbamates (subject to hydrolysis) is 1. The van der Waals surface area contributed by atoms with E-state index in [1.54, 1.807) is 0 Å². The highest BCUT2D eigenvalue weighted by Crippen LogP contribution is 2.19. The van der Waals surface area contributed by atoms with Crippen molar-refractivity contribution >= 4 is 35.4 Å². The van der Waals surface area contributed by atoms with Crippen molar-refractivity contribution in [3.8, 4) is 0 Å². The van der Waals surface area contributed by atoms with E-state index in [1.165, 1.54) is 11.8 Å². The number of likely N-dealkylation sites (tertiary alicyclic amines) is 1. The number of nitrogens with zero attached hydrogens (tertiary/aromatic N) is 1. The average molecular weight is 436 g/mol. The summed E-state index contributed by atoms with van der Waals surface area (Å²) in [6.45, 7) is 8.48. The van der Waals surface area contributed by atoms with Crippen LogP contribution in [0.2, 0.25) is 0 Å². The van der Waals surface area contributed by atoms with Gasteiger partial charge in [0.2, 0.25) is 11.8 Å². The molecule has 1 aromatic rings. The molecular formula is C22H33N3O4S. The number of hydrogen-bond donors (Lipinski definition) is 2. The third-order valence-electron chi connectivity index (χ3n) is 4.62. The van der Waals surface area contributed by atoms with Gasteiger partial charge in [0.05, 0.1) is 11.5 Å². The minimum atomic E-state index is -0.554. The lowest BCUT2D eigenvalue weighted by atomic mass is 10.0. The van der Waals surface area contributed by atoms with E-state index in [4.69, 9.17) is 4.74 Å². The van der Waals surface area contributed by atoms with Gasteiger partial charge in [0.25, 0.3) is 0 Å². The summed E-state index contributed by atoms with van der Waals surface area (Å²) in [4.78, 5) is 38.5. The summed E-state index contributed by atoms with van der Waals surface area (Å²) < 4.78 is 5.27. The predicted octanol–water partition coefficient (Wildman–Crippen LogP) is 3.57. The molecule has 2 N–H and O–H groups in total. The number of rotatable bonds is 7. The van der Waals surface area contributed by atoms with Crippen LogP contribution in [0.1, 0.15) is 45.6 Å². The van der Waals surface area contributed by atoms with Crippen molar-refractivity contribution < 1.29 is 19.1 Å². The normalized spacial score (nSPS) is 16.7. The van der Waals surface area contributed by atoms with Gasteiger partial charge in [0.15, 0.2) is 0 Å². The van der Waals surface area contributed by atoms with Crippen molar-refractivity contribution in [2.45, 2.75) is 58.6 Å². The number of piperidine rings is 1. The molecule has 1 heterocycles. The molecule has 2 rings (SSSR count). The largest absolute Gasteiger partial charge is 0.444 e. The minimum Gasteiger partial charge on any atom is -0.444 e. The summed E-state index contributed by atoms with van der Waals surface area (Å²) in [5.41, 5.74) is 1.33. The number of aryl methyl sites for hydroxylation is 1. The molecule has 0 spiro atoms. The molecule has 0 saturated carbocycles. The second-order valence-corrected chi connectivity index (χ2v) is 9.51. The number of nitrogens with one attached hydrogen (secondary N) is 2. The van der Waals surface area contributed by atoms with E-state index in [-0.39, 0.29) is 29.4 Å². The summed E-state index contributed by atoms with van der Waals surface area (Å²) >= 11 is 1.30. The van der Waals surface area contributed by atoms with Crippen LogP contribution in [0.25, 0.3) is 0 Å². The lowest BCUT2D eigenvalue weighted by molar-refractivity contribution is -0.131. The van der Waals surface area contributed by atoms with E-state index in [0.29, 0.717) is 13.1 Å². The average Bonchev–Trinajstić information content (AvgIpc) is 2.67. The second kappa shape index (κ2) is 11.2. The van der Waals surface area contributed by atoms with Crippen LogP contribution < -0.4 is 10.6 Å². The van der Waals surface area contributed by atoms with Gasteiger partial charge in [-0.3, -0.25) is 9.59 Å². The SMILES string of the molecule is Cc1ccc(NC(=O)CSCC(=O)N2CCCCC2CNC(=O)OC(C)(C)C)cc1. The van der Waals surface area contributed by atoms with Crippen LogP contribution >= 0.6 is 11.8 Å². The highest BCUT2D eigenvalue weighted by atomic mass is 32.2. The topological polar surface area (TPSA) is 87.7 Å². The predicted molar refractivity (Wildman–Crippen MR) is 121 cm³/mol. The van der Waals surface area contributed by atoms with E-state index in [1.807, 2.05) is 56.9 Å². The number of carbonyl (C=O) groups is 3. The van der Waals surface area contributed by atoms with Crippen LogP contribution in [0.5, 0.6) is 0 Å². The monoisotopic (exact) mass is 435 g/mol. The summed E-state index contributed by atoms with van der Waals surface area (Å²) in [7, 11) is 0. The molecular weight excluding hydrogens is 402 g/mol. The first-order valence-corrected chi connectivity index (χ1v) is 11.5. The third-order valence-corrected chi connectivity index (χ3v) is 5.54. The van der Waals surface area contributed by atoms with Crippen molar-refractivity contribution in [3.63, 3.8) is 0 Å². The number of hydrogen-bond acceptors (Lipinski definition) is 5. The van der Waals surface area contributed by atoms with Crippen LogP contribution in [0.4, 0.5) is 10.5 Å². The van der Waals surface area contributed by atoms with E-state index >= 15 is 0 Å². The maximum atomic E-state index is 12.7. The molecule has 1 aliphatic rings. The molecule has 166 valence electrons. The molecule has 1 unspecified atom stereocenters. The molecule has 30 heavy (non-hydrogen) atoms. The Bertz CT molecular complexity index is 731. The van der Waals surface area contributed by atoms with Crippen LogP contribution in [-0.2, 0) is 14.3 Å². The molecule has 8 heteroatoms. The van der Waals surface area contributed by atoms with Crippen molar-refractivity contribution in [3.05, 3.63) is 29.8 Å². The van der Waals surface area contributed by atoms with E-state index in [9.17, 15) is 14.4 Å². The number of thioether (sulfide) groups is 1. The Morgan fingerprint density at radius 2 is 1.83 bits per heavy atom. The molecule has 3 amide bonds. The number of carbonyl (C=O) groups excluding carboxylic acids is 3. The van der Waals surface area contributed by atoms with Crippen molar-refractivity contribution in [1.82, 2.24) is 10.2 Å². The van der Waals surface area contributed by atoms with Crippen LogP contribution in [0, 0.1) is 6.92 Å². The van der Waals surface area contributed by atoms with Gasteiger partial charge < -0.3 is 20.3 Å². The Balaban J connectivity index is 1.75. The zero-order valence-corrected chi connectivity index (χ0v) is 19.1. The molecule has 1 aliphatic heterocycles. The van der Waals surface area contributed by atoms with Crippen molar-refractivity contribution in [1.29, 1.82) is 0 Å². The van der Waals surface area contributed by atoms with E-state index in [2.05, 4.69) is 10.6 Å². The quantitative estimate of drug-likeness (QED) is 0.684. The second-order valence-electron chi connectivity index (χ2n) is 8.53. The van der Waals surface area contributed by atoms with Crippen LogP contribution in [-0.4, -0.2) is 59.0 Å². The first-order valence-electron chi connectivity index (χ1n) is 10.3. The molecule has 0 aromatic heterocycles. The summed E-state index contributed by atoms with van der Waals surface area (Å²) in [5.74, 6) is 0.329. The fourth-order valence-electron chi connectivity index (χ4n) is 3.20. The summed E-state index contributed by atoms with van der Waals surface area (Å²) in [6, 6.07) is 7.56. The molecule has 1 fully saturated rings. The number of benzene rings is 1. The Labute approximate surface area is 183 Å². The Hall–Kier alpha value is -2.22. The summed E-state index contributed by atoms with van der Waals surface area (Å²) in [5, 5.41) is 5.61. The fraction of sp³-hybridized carbons (Fsp3) is 0.591. The number of anilines is 1. The lowest BCUT2D eigenvalue weighted by Crippen LogP contribution is -2.50. The van der Waals surface area contributed by atoms with Crippen molar-refractivity contribution in [2.24, 2.45) is 0 Å². The van der Waals surface area contributed by atoms with Gasteiger partial charge in [-0.05, 0) is 59.1 Å². The van der Waals surface area contributed by atoms with E-state index in [0.717, 1.165) is 30.5 Å². The Kier molecular flexibility index (Phi) is 9.02. The van der Waals surface area contributed by atoms with Gasteiger partial charge in [-0.2, -0.15) is 0 Å².